The molecular formula is C21H19F2N3O4. The Morgan fingerprint density at radius 2 is 1.97 bits per heavy atom. The molecule has 156 valence electrons. The average Bonchev–Trinajstić information content (AvgIpc) is 3.21. The van der Waals surface area contributed by atoms with Crippen molar-refractivity contribution in [2.75, 3.05) is 27.4 Å². The van der Waals surface area contributed by atoms with Crippen molar-refractivity contribution in [1.82, 2.24) is 15.2 Å². The van der Waals surface area contributed by atoms with Crippen LogP contribution in [0.1, 0.15) is 5.56 Å². The molecule has 4 rings (SSSR count). The van der Waals surface area contributed by atoms with Crippen molar-refractivity contribution in [2.24, 2.45) is 0 Å². The zero-order valence-corrected chi connectivity index (χ0v) is 16.3. The Balaban J connectivity index is 2.09. The van der Waals surface area contributed by atoms with E-state index in [1.807, 2.05) is 0 Å². The van der Waals surface area contributed by atoms with Gasteiger partial charge in [0.05, 0.1) is 25.6 Å². The molecule has 0 fully saturated rings. The summed E-state index contributed by atoms with van der Waals surface area (Å²) < 4.78 is 45.2. The molecule has 0 aliphatic carbocycles. The van der Waals surface area contributed by atoms with Crippen LogP contribution in [0, 0.1) is 5.82 Å². The molecule has 0 saturated heterocycles. The van der Waals surface area contributed by atoms with E-state index in [1.54, 1.807) is 19.4 Å². The van der Waals surface area contributed by atoms with E-state index in [0.29, 0.717) is 34.2 Å². The summed E-state index contributed by atoms with van der Waals surface area (Å²) in [7, 11) is 2.96. The molecule has 0 spiro atoms. The molecule has 0 atom stereocenters. The molecule has 2 aromatic heterocycles. The van der Waals surface area contributed by atoms with E-state index in [-0.39, 0.29) is 34.9 Å². The van der Waals surface area contributed by atoms with Crippen LogP contribution in [0.2, 0.25) is 0 Å². The number of phenols is 1. The highest BCUT2D eigenvalue weighted by atomic mass is 19.1. The van der Waals surface area contributed by atoms with Gasteiger partial charge in [0.2, 0.25) is 0 Å². The molecule has 7 nitrogen and oxygen atoms in total. The highest BCUT2D eigenvalue weighted by molar-refractivity contribution is 6.12. The number of hydrogen-bond donors (Lipinski definition) is 2. The Morgan fingerprint density at radius 3 is 2.67 bits per heavy atom. The molecule has 2 N–H and O–H groups in total. The smallest absolute Gasteiger partial charge is 0.167 e. The first-order valence-corrected chi connectivity index (χ1v) is 9.12. The van der Waals surface area contributed by atoms with Crippen molar-refractivity contribution in [3.8, 4) is 28.5 Å². The minimum absolute atomic E-state index is 0.110. The number of aromatic nitrogens is 3. The van der Waals surface area contributed by atoms with Gasteiger partial charge in [0.1, 0.15) is 24.8 Å². The Labute approximate surface area is 170 Å². The van der Waals surface area contributed by atoms with Gasteiger partial charge in [-0.15, -0.1) is 0 Å². The molecule has 0 aliphatic heterocycles. The van der Waals surface area contributed by atoms with Crippen LogP contribution in [0.3, 0.4) is 0 Å². The van der Waals surface area contributed by atoms with Crippen LogP contribution < -0.4 is 9.47 Å². The summed E-state index contributed by atoms with van der Waals surface area (Å²) in [6.45, 7) is -0.310. The Bertz CT molecular complexity index is 1230. The maximum atomic E-state index is 14.7. The third-order valence-corrected chi connectivity index (χ3v) is 4.80. The van der Waals surface area contributed by atoms with Crippen molar-refractivity contribution >= 4 is 21.8 Å². The molecule has 0 unspecified atom stereocenters. The number of H-pyrrole nitrogens is 1. The standard InChI is InChI=1S/C21H19F2N3O4/c1-28-5-6-30-17-8-13-15-10-24-26-21(15)25-19(12-4-3-11(27)7-16(12)23)18(13)14(9-22)20(17)29-2/h3-4,7-8,10,27H,5-6,9H2,1-2H3,(H,24,25,26). The van der Waals surface area contributed by atoms with Gasteiger partial charge in [-0.1, -0.05) is 0 Å². The highest BCUT2D eigenvalue weighted by Crippen LogP contribution is 2.44. The first-order chi connectivity index (χ1) is 14.6. The van der Waals surface area contributed by atoms with Gasteiger partial charge in [-0.2, -0.15) is 5.10 Å². The Morgan fingerprint density at radius 1 is 1.13 bits per heavy atom. The second kappa shape index (κ2) is 8.11. The number of halogens is 2. The van der Waals surface area contributed by atoms with Gasteiger partial charge in [-0.05, 0) is 18.2 Å². The number of aromatic hydroxyl groups is 1. The van der Waals surface area contributed by atoms with Gasteiger partial charge in [-0.3, -0.25) is 5.10 Å². The fourth-order valence-corrected chi connectivity index (χ4v) is 3.49. The van der Waals surface area contributed by atoms with Gasteiger partial charge >= 0.3 is 0 Å². The summed E-state index contributed by atoms with van der Waals surface area (Å²) in [5, 5.41) is 18.0. The van der Waals surface area contributed by atoms with Crippen LogP contribution in [0.5, 0.6) is 17.2 Å². The van der Waals surface area contributed by atoms with Crippen LogP contribution in [-0.2, 0) is 11.4 Å². The molecular weight excluding hydrogens is 396 g/mol. The lowest BCUT2D eigenvalue weighted by Gasteiger charge is -2.18. The van der Waals surface area contributed by atoms with E-state index >= 15 is 0 Å². The maximum Gasteiger partial charge on any atom is 0.167 e. The van der Waals surface area contributed by atoms with Crippen LogP contribution in [0.25, 0.3) is 33.1 Å². The number of hydrogen-bond acceptors (Lipinski definition) is 6. The van der Waals surface area contributed by atoms with E-state index in [1.165, 1.54) is 19.2 Å². The summed E-state index contributed by atoms with van der Waals surface area (Å²) >= 11 is 0. The normalized spacial score (nSPS) is 11.3. The molecule has 0 amide bonds. The van der Waals surface area contributed by atoms with Crippen molar-refractivity contribution in [1.29, 1.82) is 0 Å². The SMILES string of the molecule is COCCOc1cc2c(c(-c3ccc(O)cc3F)nc3[nH]ncc32)c(CF)c1OC. The fourth-order valence-electron chi connectivity index (χ4n) is 3.49. The van der Waals surface area contributed by atoms with Crippen molar-refractivity contribution in [2.45, 2.75) is 6.67 Å². The van der Waals surface area contributed by atoms with E-state index in [2.05, 4.69) is 15.2 Å². The largest absolute Gasteiger partial charge is 0.508 e. The van der Waals surface area contributed by atoms with Gasteiger partial charge in [0.25, 0.3) is 0 Å². The summed E-state index contributed by atoms with van der Waals surface area (Å²) in [6, 6.07) is 5.42. The second-order valence-electron chi connectivity index (χ2n) is 6.54. The average molecular weight is 415 g/mol. The van der Waals surface area contributed by atoms with E-state index in [4.69, 9.17) is 14.2 Å². The molecule has 9 heteroatoms. The van der Waals surface area contributed by atoms with Crippen LogP contribution in [0.4, 0.5) is 8.78 Å². The quantitative estimate of drug-likeness (QED) is 0.441. The number of aromatic amines is 1. The third-order valence-electron chi connectivity index (χ3n) is 4.80. The van der Waals surface area contributed by atoms with Gasteiger partial charge in [-0.25, -0.2) is 13.8 Å². The number of methoxy groups -OCH3 is 2. The number of phenolic OH excluding ortho intramolecular Hbond substituents is 1. The predicted molar refractivity (Wildman–Crippen MR) is 107 cm³/mol. The van der Waals surface area contributed by atoms with E-state index < -0.39 is 12.5 Å². The first kappa shape index (κ1) is 19.8. The lowest BCUT2D eigenvalue weighted by atomic mass is 9.96. The summed E-state index contributed by atoms with van der Waals surface area (Å²) in [5.74, 6) is -0.376. The highest BCUT2D eigenvalue weighted by Gasteiger charge is 2.23. The van der Waals surface area contributed by atoms with Crippen molar-refractivity contribution in [3.05, 3.63) is 41.8 Å². The van der Waals surface area contributed by atoms with E-state index in [9.17, 15) is 13.9 Å². The predicted octanol–water partition coefficient (Wildman–Crippen LogP) is 4.13. The van der Waals surface area contributed by atoms with Crippen LogP contribution in [0.15, 0.2) is 30.5 Å². The number of alkyl halides is 1. The minimum atomic E-state index is -0.890. The molecule has 30 heavy (non-hydrogen) atoms. The Hall–Kier alpha value is -3.46. The number of rotatable bonds is 7. The number of pyridine rings is 1. The van der Waals surface area contributed by atoms with Crippen molar-refractivity contribution < 1.29 is 28.1 Å². The second-order valence-corrected chi connectivity index (χ2v) is 6.54. The zero-order chi connectivity index (χ0) is 21.3. The third kappa shape index (κ3) is 3.26. The lowest BCUT2D eigenvalue weighted by Crippen LogP contribution is -2.07. The molecule has 0 aliphatic rings. The monoisotopic (exact) mass is 415 g/mol. The Kier molecular flexibility index (Phi) is 5.37. The molecule has 2 aromatic carbocycles. The van der Waals surface area contributed by atoms with Crippen LogP contribution >= 0.6 is 0 Å². The number of benzene rings is 2. The fraction of sp³-hybridized carbons (Fsp3) is 0.238. The van der Waals surface area contributed by atoms with Crippen LogP contribution in [-0.4, -0.2) is 47.7 Å². The van der Waals surface area contributed by atoms with Crippen molar-refractivity contribution in [3.63, 3.8) is 0 Å². The molecule has 0 radical (unpaired) electrons. The summed E-state index contributed by atoms with van der Waals surface area (Å²) in [5.41, 5.74) is 0.899. The number of nitrogens with one attached hydrogen (secondary N) is 1. The van der Waals surface area contributed by atoms with E-state index in [0.717, 1.165) is 6.07 Å². The first-order valence-electron chi connectivity index (χ1n) is 9.12. The molecule has 4 aromatic rings. The molecule has 0 bridgehead atoms. The number of ether oxygens (including phenoxy) is 3. The van der Waals surface area contributed by atoms with Gasteiger partial charge in [0.15, 0.2) is 17.1 Å². The number of nitrogens with zero attached hydrogens (tertiary/aromatic N) is 2. The topological polar surface area (TPSA) is 89.5 Å². The number of fused-ring (bicyclic) bond motifs is 3. The summed E-state index contributed by atoms with van der Waals surface area (Å²) in [4.78, 5) is 4.49. The summed E-state index contributed by atoms with van der Waals surface area (Å²) in [6.07, 6.45) is 1.56. The molecule has 2 heterocycles. The zero-order valence-electron chi connectivity index (χ0n) is 16.3. The van der Waals surface area contributed by atoms with Gasteiger partial charge < -0.3 is 19.3 Å². The molecule has 0 saturated carbocycles. The minimum Gasteiger partial charge on any atom is -0.508 e. The van der Waals surface area contributed by atoms with Gasteiger partial charge in [0, 0.05) is 40.5 Å². The maximum absolute atomic E-state index is 14.7. The lowest BCUT2D eigenvalue weighted by molar-refractivity contribution is 0.144.